The van der Waals surface area contributed by atoms with Gasteiger partial charge < -0.3 is 4.74 Å². The average Bonchev–Trinajstić information content (AvgIpc) is 3.12. The molecule has 0 aliphatic carbocycles. The molecule has 0 radical (unpaired) electrons. The second-order valence-electron chi connectivity index (χ2n) is 5.73. The standard InChI is InChI=1S/C18H20N4O2S/c1-14-9-10-15(2)17(13-14)24-11-6-12-25(23)18-19-20-21-22(18)16-7-4-3-5-8-16/h3-5,7-10,13H,6,11-12H2,1-2H3. The highest BCUT2D eigenvalue weighted by atomic mass is 32.2. The van der Waals surface area contributed by atoms with Gasteiger partial charge in [-0.05, 0) is 60.0 Å². The van der Waals surface area contributed by atoms with Gasteiger partial charge in [0.2, 0.25) is 5.16 Å². The maximum Gasteiger partial charge on any atom is 0.244 e. The first-order valence-electron chi connectivity index (χ1n) is 8.07. The summed E-state index contributed by atoms with van der Waals surface area (Å²) >= 11 is 0. The molecule has 130 valence electrons. The second kappa shape index (κ2) is 8.02. The molecule has 0 aliphatic heterocycles. The zero-order valence-corrected chi connectivity index (χ0v) is 15.1. The van der Waals surface area contributed by atoms with Crippen LogP contribution in [0.1, 0.15) is 17.5 Å². The van der Waals surface area contributed by atoms with E-state index in [-0.39, 0.29) is 0 Å². The molecule has 1 unspecified atom stereocenters. The number of rotatable bonds is 7. The van der Waals surface area contributed by atoms with Gasteiger partial charge >= 0.3 is 0 Å². The number of ether oxygens (including phenoxy) is 1. The molecular formula is C18H20N4O2S. The number of benzene rings is 2. The molecule has 0 amide bonds. The molecule has 0 aliphatic rings. The number of aryl methyl sites for hydroxylation is 2. The topological polar surface area (TPSA) is 69.9 Å². The second-order valence-corrected chi connectivity index (χ2v) is 7.19. The Morgan fingerprint density at radius 2 is 1.92 bits per heavy atom. The summed E-state index contributed by atoms with van der Waals surface area (Å²) in [7, 11) is -1.29. The highest BCUT2D eigenvalue weighted by Gasteiger charge is 2.15. The minimum absolute atomic E-state index is 0.359. The lowest BCUT2D eigenvalue weighted by Crippen LogP contribution is -2.10. The van der Waals surface area contributed by atoms with Gasteiger partial charge in [0.1, 0.15) is 5.75 Å². The van der Waals surface area contributed by atoms with E-state index in [1.165, 1.54) is 4.68 Å². The molecule has 1 aromatic heterocycles. The summed E-state index contributed by atoms with van der Waals surface area (Å²) in [5.41, 5.74) is 3.05. The smallest absolute Gasteiger partial charge is 0.244 e. The number of hydrogen-bond donors (Lipinski definition) is 0. The first-order valence-corrected chi connectivity index (χ1v) is 9.39. The molecule has 6 nitrogen and oxygen atoms in total. The largest absolute Gasteiger partial charge is 0.493 e. The van der Waals surface area contributed by atoms with Crippen molar-refractivity contribution in [3.63, 3.8) is 0 Å². The summed E-state index contributed by atoms with van der Waals surface area (Å²) in [6.45, 7) is 4.55. The Labute approximate surface area is 149 Å². The molecular weight excluding hydrogens is 336 g/mol. The van der Waals surface area contributed by atoms with E-state index in [1.54, 1.807) is 0 Å². The molecule has 0 spiro atoms. The van der Waals surface area contributed by atoms with Crippen LogP contribution in [0.25, 0.3) is 5.69 Å². The van der Waals surface area contributed by atoms with E-state index in [1.807, 2.05) is 56.3 Å². The Bertz CT molecular complexity index is 865. The summed E-state index contributed by atoms with van der Waals surface area (Å²) in [5, 5.41) is 11.9. The summed E-state index contributed by atoms with van der Waals surface area (Å²) in [5.74, 6) is 1.32. The highest BCUT2D eigenvalue weighted by Crippen LogP contribution is 2.19. The van der Waals surface area contributed by atoms with Crippen LogP contribution in [0.2, 0.25) is 0 Å². The first-order chi connectivity index (χ1) is 12.1. The van der Waals surface area contributed by atoms with Crippen LogP contribution in [0.15, 0.2) is 53.7 Å². The van der Waals surface area contributed by atoms with Crippen LogP contribution in [-0.4, -0.2) is 36.8 Å². The van der Waals surface area contributed by atoms with Crippen LogP contribution >= 0.6 is 0 Å². The fourth-order valence-corrected chi connectivity index (χ4v) is 3.40. The lowest BCUT2D eigenvalue weighted by molar-refractivity contribution is 0.316. The fourth-order valence-electron chi connectivity index (χ4n) is 2.38. The molecule has 3 rings (SSSR count). The lowest BCUT2D eigenvalue weighted by Gasteiger charge is -2.09. The maximum absolute atomic E-state index is 12.5. The number of para-hydroxylation sites is 1. The Morgan fingerprint density at radius 3 is 2.72 bits per heavy atom. The number of hydrogen-bond acceptors (Lipinski definition) is 5. The van der Waals surface area contributed by atoms with Crippen LogP contribution in [0.5, 0.6) is 5.75 Å². The molecule has 25 heavy (non-hydrogen) atoms. The minimum atomic E-state index is -1.29. The molecule has 2 aromatic carbocycles. The first kappa shape index (κ1) is 17.3. The van der Waals surface area contributed by atoms with E-state index in [9.17, 15) is 4.21 Å². The van der Waals surface area contributed by atoms with Gasteiger partial charge in [-0.2, -0.15) is 4.68 Å². The van der Waals surface area contributed by atoms with Crippen LogP contribution in [0, 0.1) is 13.8 Å². The molecule has 0 saturated carbocycles. The molecule has 0 fully saturated rings. The summed E-state index contributed by atoms with van der Waals surface area (Å²) in [4.78, 5) is 0. The van der Waals surface area contributed by atoms with Gasteiger partial charge in [0, 0.05) is 5.75 Å². The number of aromatic nitrogens is 4. The monoisotopic (exact) mass is 356 g/mol. The average molecular weight is 356 g/mol. The number of tetrazole rings is 1. The Balaban J connectivity index is 1.57. The van der Waals surface area contributed by atoms with Gasteiger partial charge in [0.15, 0.2) is 0 Å². The van der Waals surface area contributed by atoms with Crippen LogP contribution in [-0.2, 0) is 10.8 Å². The van der Waals surface area contributed by atoms with Gasteiger partial charge in [0.05, 0.1) is 23.1 Å². The molecule has 1 atom stereocenters. The number of nitrogens with zero attached hydrogens (tertiary/aromatic N) is 4. The van der Waals surface area contributed by atoms with Crippen molar-refractivity contribution in [2.24, 2.45) is 0 Å². The normalized spacial score (nSPS) is 12.1. The van der Waals surface area contributed by atoms with Crippen molar-refractivity contribution in [3.05, 3.63) is 59.7 Å². The lowest BCUT2D eigenvalue weighted by atomic mass is 10.1. The Kier molecular flexibility index (Phi) is 5.55. The highest BCUT2D eigenvalue weighted by molar-refractivity contribution is 7.84. The van der Waals surface area contributed by atoms with E-state index in [0.717, 1.165) is 22.6 Å². The van der Waals surface area contributed by atoms with E-state index in [2.05, 4.69) is 21.6 Å². The third-order valence-electron chi connectivity index (χ3n) is 3.72. The maximum atomic E-state index is 12.5. The summed E-state index contributed by atoms with van der Waals surface area (Å²) < 4.78 is 19.8. The molecule has 0 saturated heterocycles. The van der Waals surface area contributed by atoms with Crippen molar-refractivity contribution < 1.29 is 8.95 Å². The Morgan fingerprint density at radius 1 is 1.12 bits per heavy atom. The Hall–Kier alpha value is -2.54. The predicted octanol–water partition coefficient (Wildman–Crippen LogP) is 2.86. The van der Waals surface area contributed by atoms with E-state index >= 15 is 0 Å². The third kappa shape index (κ3) is 4.30. The molecule has 0 bridgehead atoms. The molecule has 3 aromatic rings. The van der Waals surface area contributed by atoms with Crippen LogP contribution < -0.4 is 4.74 Å². The summed E-state index contributed by atoms with van der Waals surface area (Å²) in [6.07, 6.45) is 0.654. The third-order valence-corrected chi connectivity index (χ3v) is 5.04. The van der Waals surface area contributed by atoms with Crippen LogP contribution in [0.4, 0.5) is 0 Å². The van der Waals surface area contributed by atoms with E-state index in [0.29, 0.717) is 23.9 Å². The summed E-state index contributed by atoms with van der Waals surface area (Å²) in [6, 6.07) is 15.6. The minimum Gasteiger partial charge on any atom is -0.493 e. The zero-order chi connectivity index (χ0) is 17.6. The van der Waals surface area contributed by atoms with Crippen molar-refractivity contribution in [3.8, 4) is 11.4 Å². The van der Waals surface area contributed by atoms with Gasteiger partial charge in [-0.1, -0.05) is 35.4 Å². The van der Waals surface area contributed by atoms with E-state index in [4.69, 9.17) is 4.74 Å². The predicted molar refractivity (Wildman–Crippen MR) is 96.5 cm³/mol. The van der Waals surface area contributed by atoms with Crippen molar-refractivity contribution in [2.75, 3.05) is 12.4 Å². The zero-order valence-electron chi connectivity index (χ0n) is 14.3. The van der Waals surface area contributed by atoms with E-state index < -0.39 is 10.8 Å². The molecule has 1 heterocycles. The van der Waals surface area contributed by atoms with Crippen molar-refractivity contribution in [2.45, 2.75) is 25.4 Å². The van der Waals surface area contributed by atoms with Crippen LogP contribution in [0.3, 0.4) is 0 Å². The van der Waals surface area contributed by atoms with Gasteiger partial charge in [0.25, 0.3) is 0 Å². The molecule has 0 N–H and O–H groups in total. The fraction of sp³-hybridized carbons (Fsp3) is 0.278. The van der Waals surface area contributed by atoms with Gasteiger partial charge in [-0.15, -0.1) is 0 Å². The van der Waals surface area contributed by atoms with Gasteiger partial charge in [-0.3, -0.25) is 4.21 Å². The molecule has 7 heteroatoms. The van der Waals surface area contributed by atoms with Crippen molar-refractivity contribution >= 4 is 10.8 Å². The van der Waals surface area contributed by atoms with Gasteiger partial charge in [-0.25, -0.2) is 0 Å². The SMILES string of the molecule is Cc1ccc(C)c(OCCCS(=O)c2nnnn2-c2ccccc2)c1. The quantitative estimate of drug-likeness (QED) is 0.609. The van der Waals surface area contributed by atoms with Crippen molar-refractivity contribution in [1.29, 1.82) is 0 Å². The van der Waals surface area contributed by atoms with Crippen molar-refractivity contribution in [1.82, 2.24) is 20.2 Å².